The number of likely N-dealkylation sites (N-methyl/N-ethyl adjacent to an activating group) is 1. The standard InChI is InChI=1S/C20H26N2O3/c1-14(2)19(20(25)22(3)10-11-23)21-18(24)13-15-8-9-16-6-4-5-7-17(16)12-15/h4-9,12,14,19,23H,10-11,13H2,1-3H3,(H,21,24). The highest BCUT2D eigenvalue weighted by molar-refractivity contribution is 5.89. The van der Waals surface area contributed by atoms with Gasteiger partial charge in [-0.25, -0.2) is 0 Å². The Kier molecular flexibility index (Phi) is 6.53. The lowest BCUT2D eigenvalue weighted by Gasteiger charge is -2.26. The number of nitrogens with zero attached hydrogens (tertiary/aromatic N) is 1. The summed E-state index contributed by atoms with van der Waals surface area (Å²) in [6.07, 6.45) is 0.227. The third-order valence-corrected chi connectivity index (χ3v) is 4.24. The molecule has 0 spiro atoms. The number of amides is 2. The van der Waals surface area contributed by atoms with Gasteiger partial charge in [-0.3, -0.25) is 9.59 Å². The Labute approximate surface area is 148 Å². The van der Waals surface area contributed by atoms with Crippen molar-refractivity contribution in [3.8, 4) is 0 Å². The molecule has 2 aromatic rings. The van der Waals surface area contributed by atoms with Crippen molar-refractivity contribution in [2.45, 2.75) is 26.3 Å². The molecule has 134 valence electrons. The van der Waals surface area contributed by atoms with Crippen molar-refractivity contribution in [3.05, 3.63) is 48.0 Å². The predicted octanol–water partition coefficient (Wildman–Crippen LogP) is 1.97. The van der Waals surface area contributed by atoms with E-state index >= 15 is 0 Å². The Morgan fingerprint density at radius 3 is 2.44 bits per heavy atom. The molecule has 25 heavy (non-hydrogen) atoms. The first-order valence-electron chi connectivity index (χ1n) is 8.55. The highest BCUT2D eigenvalue weighted by atomic mass is 16.3. The number of nitrogens with one attached hydrogen (secondary N) is 1. The molecule has 0 heterocycles. The van der Waals surface area contributed by atoms with Crippen LogP contribution in [0, 0.1) is 5.92 Å². The van der Waals surface area contributed by atoms with E-state index in [2.05, 4.69) is 5.32 Å². The van der Waals surface area contributed by atoms with Crippen LogP contribution in [0.15, 0.2) is 42.5 Å². The van der Waals surface area contributed by atoms with Crippen LogP contribution in [-0.2, 0) is 16.0 Å². The Bertz CT molecular complexity index is 743. The molecular formula is C20H26N2O3. The van der Waals surface area contributed by atoms with Crippen LogP contribution in [0.3, 0.4) is 0 Å². The van der Waals surface area contributed by atoms with E-state index in [1.807, 2.05) is 56.3 Å². The normalized spacial score (nSPS) is 12.2. The van der Waals surface area contributed by atoms with Gasteiger partial charge in [-0.2, -0.15) is 0 Å². The molecule has 0 aromatic heterocycles. The minimum atomic E-state index is -0.593. The third-order valence-electron chi connectivity index (χ3n) is 4.24. The smallest absolute Gasteiger partial charge is 0.245 e. The second-order valence-corrected chi connectivity index (χ2v) is 6.63. The van der Waals surface area contributed by atoms with Crippen molar-refractivity contribution >= 4 is 22.6 Å². The maximum absolute atomic E-state index is 12.4. The highest BCUT2D eigenvalue weighted by Crippen LogP contribution is 2.16. The van der Waals surface area contributed by atoms with Crippen LogP contribution in [0.4, 0.5) is 0 Å². The molecule has 2 rings (SSSR count). The summed E-state index contributed by atoms with van der Waals surface area (Å²) in [4.78, 5) is 26.3. The van der Waals surface area contributed by atoms with Crippen molar-refractivity contribution < 1.29 is 14.7 Å². The van der Waals surface area contributed by atoms with Crippen LogP contribution in [0.25, 0.3) is 10.8 Å². The Balaban J connectivity index is 2.06. The van der Waals surface area contributed by atoms with Gasteiger partial charge in [0, 0.05) is 13.6 Å². The molecule has 5 nitrogen and oxygen atoms in total. The van der Waals surface area contributed by atoms with E-state index in [0.29, 0.717) is 0 Å². The van der Waals surface area contributed by atoms with Crippen LogP contribution in [0.5, 0.6) is 0 Å². The van der Waals surface area contributed by atoms with Gasteiger partial charge in [0.1, 0.15) is 6.04 Å². The van der Waals surface area contributed by atoms with Gasteiger partial charge < -0.3 is 15.3 Å². The Morgan fingerprint density at radius 1 is 1.12 bits per heavy atom. The van der Waals surface area contributed by atoms with Gasteiger partial charge in [-0.1, -0.05) is 56.3 Å². The summed E-state index contributed by atoms with van der Waals surface area (Å²) in [5.41, 5.74) is 0.912. The molecular weight excluding hydrogens is 316 g/mol. The lowest BCUT2D eigenvalue weighted by Crippen LogP contribution is -2.51. The van der Waals surface area contributed by atoms with E-state index in [9.17, 15) is 9.59 Å². The van der Waals surface area contributed by atoms with Crippen LogP contribution in [-0.4, -0.2) is 48.1 Å². The molecule has 2 N–H and O–H groups in total. The zero-order valence-corrected chi connectivity index (χ0v) is 15.0. The molecule has 1 atom stereocenters. The SMILES string of the molecule is CC(C)C(NC(=O)Cc1ccc2ccccc2c1)C(=O)N(C)CCO. The molecule has 0 bridgehead atoms. The first-order chi connectivity index (χ1) is 11.9. The van der Waals surface area contributed by atoms with Crippen molar-refractivity contribution in [3.63, 3.8) is 0 Å². The van der Waals surface area contributed by atoms with E-state index < -0.39 is 6.04 Å². The number of aliphatic hydroxyl groups excluding tert-OH is 1. The van der Waals surface area contributed by atoms with Gasteiger partial charge in [0.15, 0.2) is 0 Å². The number of carbonyl (C=O) groups is 2. The molecule has 5 heteroatoms. The van der Waals surface area contributed by atoms with E-state index in [4.69, 9.17) is 5.11 Å². The van der Waals surface area contributed by atoms with Gasteiger partial charge in [0.25, 0.3) is 0 Å². The summed E-state index contributed by atoms with van der Waals surface area (Å²) in [6, 6.07) is 13.3. The predicted molar refractivity (Wildman–Crippen MR) is 99.1 cm³/mol. The van der Waals surface area contributed by atoms with Crippen LogP contribution in [0.2, 0.25) is 0 Å². The maximum Gasteiger partial charge on any atom is 0.245 e. The Hall–Kier alpha value is -2.40. The van der Waals surface area contributed by atoms with E-state index in [1.165, 1.54) is 4.90 Å². The first-order valence-corrected chi connectivity index (χ1v) is 8.55. The monoisotopic (exact) mass is 342 g/mol. The van der Waals surface area contributed by atoms with Crippen molar-refractivity contribution in [2.24, 2.45) is 5.92 Å². The number of hydrogen-bond acceptors (Lipinski definition) is 3. The van der Waals surface area contributed by atoms with Crippen molar-refractivity contribution in [1.29, 1.82) is 0 Å². The lowest BCUT2D eigenvalue weighted by molar-refractivity contribution is -0.136. The molecule has 1 unspecified atom stereocenters. The second-order valence-electron chi connectivity index (χ2n) is 6.63. The largest absolute Gasteiger partial charge is 0.395 e. The number of fused-ring (bicyclic) bond motifs is 1. The van der Waals surface area contributed by atoms with Gasteiger partial charge >= 0.3 is 0 Å². The molecule has 0 saturated carbocycles. The number of aliphatic hydroxyl groups is 1. The summed E-state index contributed by atoms with van der Waals surface area (Å²) in [6.45, 7) is 3.94. The number of rotatable bonds is 7. The van der Waals surface area contributed by atoms with E-state index in [1.54, 1.807) is 7.05 Å². The fourth-order valence-electron chi connectivity index (χ4n) is 2.77. The Morgan fingerprint density at radius 2 is 1.80 bits per heavy atom. The minimum Gasteiger partial charge on any atom is -0.395 e. The topological polar surface area (TPSA) is 69.6 Å². The minimum absolute atomic E-state index is 0.0332. The fraction of sp³-hybridized carbons (Fsp3) is 0.400. The molecule has 0 aliphatic rings. The van der Waals surface area contributed by atoms with E-state index in [-0.39, 0.29) is 37.3 Å². The average Bonchev–Trinajstić information content (AvgIpc) is 2.59. The summed E-state index contributed by atoms with van der Waals surface area (Å²) < 4.78 is 0. The maximum atomic E-state index is 12.4. The van der Waals surface area contributed by atoms with Gasteiger partial charge in [0.2, 0.25) is 11.8 Å². The molecule has 2 amide bonds. The first kappa shape index (κ1) is 18.9. The average molecular weight is 342 g/mol. The number of carbonyl (C=O) groups excluding carboxylic acids is 2. The number of benzene rings is 2. The van der Waals surface area contributed by atoms with Crippen LogP contribution >= 0.6 is 0 Å². The van der Waals surface area contributed by atoms with Crippen LogP contribution in [0.1, 0.15) is 19.4 Å². The highest BCUT2D eigenvalue weighted by Gasteiger charge is 2.26. The summed E-state index contributed by atoms with van der Waals surface area (Å²) in [7, 11) is 1.63. The second kappa shape index (κ2) is 8.62. The fourth-order valence-corrected chi connectivity index (χ4v) is 2.77. The van der Waals surface area contributed by atoms with Gasteiger partial charge in [0.05, 0.1) is 13.0 Å². The molecule has 0 aliphatic carbocycles. The van der Waals surface area contributed by atoms with Crippen molar-refractivity contribution in [2.75, 3.05) is 20.2 Å². The summed E-state index contributed by atoms with van der Waals surface area (Å²) in [5.74, 6) is -0.398. The number of hydrogen-bond donors (Lipinski definition) is 2. The van der Waals surface area contributed by atoms with Crippen molar-refractivity contribution in [1.82, 2.24) is 10.2 Å². The zero-order chi connectivity index (χ0) is 18.4. The molecule has 0 fully saturated rings. The quantitative estimate of drug-likeness (QED) is 0.808. The molecule has 2 aromatic carbocycles. The lowest BCUT2D eigenvalue weighted by atomic mass is 10.0. The molecule has 0 radical (unpaired) electrons. The third kappa shape index (κ3) is 5.03. The van der Waals surface area contributed by atoms with E-state index in [0.717, 1.165) is 16.3 Å². The zero-order valence-electron chi connectivity index (χ0n) is 15.0. The summed E-state index contributed by atoms with van der Waals surface area (Å²) >= 11 is 0. The summed E-state index contributed by atoms with van der Waals surface area (Å²) in [5, 5.41) is 14.1. The van der Waals surface area contributed by atoms with Crippen LogP contribution < -0.4 is 5.32 Å². The molecule has 0 saturated heterocycles. The van der Waals surface area contributed by atoms with Gasteiger partial charge in [-0.15, -0.1) is 0 Å². The molecule has 0 aliphatic heterocycles. The van der Waals surface area contributed by atoms with Gasteiger partial charge in [-0.05, 0) is 22.3 Å².